The Labute approximate surface area is 165 Å². The molecule has 0 aliphatic carbocycles. The fraction of sp³-hybridized carbons (Fsp3) is 0.429. The number of aldehydes is 1. The molecule has 0 spiro atoms. The van der Waals surface area contributed by atoms with Crippen molar-refractivity contribution >= 4 is 18.0 Å². The van der Waals surface area contributed by atoms with Crippen LogP contribution in [0.3, 0.4) is 0 Å². The lowest BCUT2D eigenvalue weighted by Crippen LogP contribution is -2.50. The third kappa shape index (κ3) is 4.65. The van der Waals surface area contributed by atoms with Crippen LogP contribution in [0.1, 0.15) is 41.6 Å². The first kappa shape index (κ1) is 19.8. The Morgan fingerprint density at radius 3 is 2.57 bits per heavy atom. The van der Waals surface area contributed by atoms with Crippen LogP contribution in [-0.2, 0) is 4.79 Å². The average Bonchev–Trinajstić information content (AvgIpc) is 2.71. The monoisotopic (exact) mass is 382 g/mol. The lowest BCUT2D eigenvalue weighted by atomic mass is 10.2. The van der Waals surface area contributed by atoms with Crippen LogP contribution in [0.2, 0.25) is 0 Å². The number of rotatable bonds is 6. The minimum Gasteiger partial charge on any atom is -0.483 e. The highest BCUT2D eigenvalue weighted by molar-refractivity contribution is 5.81. The van der Waals surface area contributed by atoms with E-state index in [9.17, 15) is 9.59 Å². The summed E-state index contributed by atoms with van der Waals surface area (Å²) in [6.07, 6.45) is 0.730. The summed E-state index contributed by atoms with van der Waals surface area (Å²) in [5.41, 5.74) is 1.40. The molecule has 2 aromatic rings. The molecule has 1 saturated heterocycles. The lowest BCUT2D eigenvalue weighted by Gasteiger charge is -2.35. The normalized spacial score (nSPS) is 14.3. The molecule has 3 rings (SSSR count). The van der Waals surface area contributed by atoms with Gasteiger partial charge in [-0.1, -0.05) is 26.0 Å². The summed E-state index contributed by atoms with van der Waals surface area (Å²) < 4.78 is 5.56. The Morgan fingerprint density at radius 2 is 1.89 bits per heavy atom. The van der Waals surface area contributed by atoms with Gasteiger partial charge in [-0.05, 0) is 19.1 Å². The molecule has 0 saturated carbocycles. The Bertz CT molecular complexity index is 845. The first-order valence-corrected chi connectivity index (χ1v) is 9.53. The van der Waals surface area contributed by atoms with Gasteiger partial charge in [0, 0.05) is 43.9 Å². The van der Waals surface area contributed by atoms with Gasteiger partial charge in [-0.15, -0.1) is 0 Å². The predicted octanol–water partition coefficient (Wildman–Crippen LogP) is 2.45. The van der Waals surface area contributed by atoms with Crippen LogP contribution in [0.5, 0.6) is 5.75 Å². The lowest BCUT2D eigenvalue weighted by molar-refractivity contribution is -0.133. The zero-order valence-corrected chi connectivity index (χ0v) is 16.6. The minimum absolute atomic E-state index is 0.0744. The first-order chi connectivity index (χ1) is 13.5. The van der Waals surface area contributed by atoms with E-state index in [1.165, 1.54) is 0 Å². The highest BCUT2D eigenvalue weighted by Gasteiger charge is 2.23. The second kappa shape index (κ2) is 8.82. The molecule has 1 aromatic carbocycles. The fourth-order valence-corrected chi connectivity index (χ4v) is 3.12. The number of para-hydroxylation sites is 1. The van der Waals surface area contributed by atoms with Crippen molar-refractivity contribution in [1.82, 2.24) is 14.9 Å². The van der Waals surface area contributed by atoms with Gasteiger partial charge in [0.15, 0.2) is 12.9 Å². The summed E-state index contributed by atoms with van der Waals surface area (Å²) in [6.45, 7) is 8.71. The second-order valence-electron chi connectivity index (χ2n) is 7.19. The maximum absolute atomic E-state index is 12.5. The fourth-order valence-electron chi connectivity index (χ4n) is 3.12. The zero-order valence-electron chi connectivity index (χ0n) is 16.6. The summed E-state index contributed by atoms with van der Waals surface area (Å²) in [5.74, 6) is 2.38. The number of hydrogen-bond acceptors (Lipinski definition) is 6. The van der Waals surface area contributed by atoms with E-state index in [1.54, 1.807) is 29.2 Å². The number of hydrogen-bond donors (Lipinski definition) is 0. The third-order valence-corrected chi connectivity index (χ3v) is 4.73. The van der Waals surface area contributed by atoms with Crippen LogP contribution in [0.4, 0.5) is 5.82 Å². The summed E-state index contributed by atoms with van der Waals surface area (Å²) >= 11 is 0. The Morgan fingerprint density at radius 1 is 1.18 bits per heavy atom. The molecule has 0 bridgehead atoms. The highest BCUT2D eigenvalue weighted by atomic mass is 16.5. The van der Waals surface area contributed by atoms with Crippen LogP contribution in [0.15, 0.2) is 30.3 Å². The van der Waals surface area contributed by atoms with Gasteiger partial charge in [0.2, 0.25) is 0 Å². The molecule has 7 heteroatoms. The van der Waals surface area contributed by atoms with E-state index in [0.29, 0.717) is 37.5 Å². The molecule has 0 unspecified atom stereocenters. The molecule has 7 nitrogen and oxygen atoms in total. The van der Waals surface area contributed by atoms with Gasteiger partial charge in [0.1, 0.15) is 17.4 Å². The van der Waals surface area contributed by atoms with Crippen molar-refractivity contribution in [1.29, 1.82) is 0 Å². The first-order valence-electron chi connectivity index (χ1n) is 9.53. The number of aryl methyl sites for hydroxylation is 1. The molecule has 1 aromatic heterocycles. The number of anilines is 1. The van der Waals surface area contributed by atoms with E-state index in [-0.39, 0.29) is 18.4 Å². The summed E-state index contributed by atoms with van der Waals surface area (Å²) in [6, 6.07) is 8.89. The highest BCUT2D eigenvalue weighted by Crippen LogP contribution is 2.19. The predicted molar refractivity (Wildman–Crippen MR) is 107 cm³/mol. The largest absolute Gasteiger partial charge is 0.483 e. The molecule has 1 aliphatic rings. The molecular weight excluding hydrogens is 356 g/mol. The van der Waals surface area contributed by atoms with Crippen LogP contribution in [0, 0.1) is 6.92 Å². The van der Waals surface area contributed by atoms with E-state index in [1.807, 2.05) is 13.0 Å². The summed E-state index contributed by atoms with van der Waals surface area (Å²) in [7, 11) is 0. The van der Waals surface area contributed by atoms with Crippen molar-refractivity contribution in [2.24, 2.45) is 0 Å². The number of carbonyl (C=O) groups excluding carboxylic acids is 2. The molecule has 2 heterocycles. The summed E-state index contributed by atoms with van der Waals surface area (Å²) in [4.78, 5) is 36.7. The van der Waals surface area contributed by atoms with Crippen LogP contribution >= 0.6 is 0 Å². The molecule has 0 atom stereocenters. The number of ether oxygens (including phenoxy) is 1. The molecule has 0 N–H and O–H groups in total. The van der Waals surface area contributed by atoms with Crippen molar-refractivity contribution in [2.45, 2.75) is 26.7 Å². The molecule has 28 heavy (non-hydrogen) atoms. The number of aromatic nitrogens is 2. The van der Waals surface area contributed by atoms with Crippen LogP contribution < -0.4 is 9.64 Å². The van der Waals surface area contributed by atoms with Gasteiger partial charge in [-0.25, -0.2) is 9.97 Å². The van der Waals surface area contributed by atoms with E-state index >= 15 is 0 Å². The zero-order chi connectivity index (χ0) is 20.1. The van der Waals surface area contributed by atoms with Crippen LogP contribution in [0.25, 0.3) is 0 Å². The standard InChI is InChI=1S/C21H26N4O3/c1-15(2)21-22-16(3)12-19(23-21)24-8-10-25(11-9-24)20(27)14-28-18-7-5-4-6-17(18)13-26/h4-7,12-13,15H,8-11,14H2,1-3H3. The van der Waals surface area contributed by atoms with Crippen molar-refractivity contribution < 1.29 is 14.3 Å². The number of piperazine rings is 1. The van der Waals surface area contributed by atoms with E-state index in [2.05, 4.69) is 28.7 Å². The Kier molecular flexibility index (Phi) is 6.23. The van der Waals surface area contributed by atoms with Crippen LogP contribution in [-0.4, -0.2) is 59.8 Å². The minimum atomic E-state index is -0.0814. The second-order valence-corrected chi connectivity index (χ2v) is 7.19. The topological polar surface area (TPSA) is 75.6 Å². The van der Waals surface area contributed by atoms with Crippen molar-refractivity contribution in [3.8, 4) is 5.75 Å². The van der Waals surface area contributed by atoms with Gasteiger partial charge in [0.25, 0.3) is 5.91 Å². The SMILES string of the molecule is Cc1cc(N2CCN(C(=O)COc3ccccc3C=O)CC2)nc(C(C)C)n1. The number of amides is 1. The maximum atomic E-state index is 12.5. The van der Waals surface area contributed by atoms with E-state index in [4.69, 9.17) is 4.74 Å². The van der Waals surface area contributed by atoms with Crippen molar-refractivity contribution in [3.05, 3.63) is 47.4 Å². The number of nitrogens with zero attached hydrogens (tertiary/aromatic N) is 4. The van der Waals surface area contributed by atoms with E-state index < -0.39 is 0 Å². The smallest absolute Gasteiger partial charge is 0.260 e. The molecule has 148 valence electrons. The van der Waals surface area contributed by atoms with Gasteiger partial charge in [-0.3, -0.25) is 9.59 Å². The van der Waals surface area contributed by atoms with Gasteiger partial charge in [0.05, 0.1) is 5.56 Å². The van der Waals surface area contributed by atoms with Crippen molar-refractivity contribution in [2.75, 3.05) is 37.7 Å². The number of benzene rings is 1. The molecular formula is C21H26N4O3. The number of carbonyl (C=O) groups is 2. The van der Waals surface area contributed by atoms with Gasteiger partial charge in [-0.2, -0.15) is 0 Å². The molecule has 0 radical (unpaired) electrons. The summed E-state index contributed by atoms with van der Waals surface area (Å²) in [5, 5.41) is 0. The van der Waals surface area contributed by atoms with E-state index in [0.717, 1.165) is 23.6 Å². The Balaban J connectivity index is 1.56. The van der Waals surface area contributed by atoms with Gasteiger partial charge >= 0.3 is 0 Å². The average molecular weight is 382 g/mol. The third-order valence-electron chi connectivity index (χ3n) is 4.73. The molecule has 1 amide bonds. The van der Waals surface area contributed by atoms with Crippen molar-refractivity contribution in [3.63, 3.8) is 0 Å². The van der Waals surface area contributed by atoms with Gasteiger partial charge < -0.3 is 14.5 Å². The quantitative estimate of drug-likeness (QED) is 0.715. The molecule has 1 aliphatic heterocycles. The Hall–Kier alpha value is -2.96. The maximum Gasteiger partial charge on any atom is 0.260 e. The molecule has 1 fully saturated rings.